The van der Waals surface area contributed by atoms with Gasteiger partial charge in [-0.15, -0.1) is 0 Å². The summed E-state index contributed by atoms with van der Waals surface area (Å²) >= 11 is 0. The number of carbonyl (C=O) groups is 2. The monoisotopic (exact) mass is 269 g/mol. The van der Waals surface area contributed by atoms with E-state index in [1.165, 1.54) is 0 Å². The van der Waals surface area contributed by atoms with E-state index in [0.717, 1.165) is 19.3 Å². The molecule has 0 aromatic carbocycles. The van der Waals surface area contributed by atoms with Crippen molar-refractivity contribution >= 4 is 11.9 Å². The Morgan fingerprint density at radius 3 is 2.42 bits per heavy atom. The number of amides is 1. The van der Waals surface area contributed by atoms with E-state index >= 15 is 0 Å². The SMILES string of the molecule is CCC1CCC(OC(=O)C2CC2CO)(C(N)=O)CC1. The topological polar surface area (TPSA) is 89.6 Å². The van der Waals surface area contributed by atoms with Crippen molar-refractivity contribution in [2.45, 2.75) is 51.0 Å². The third-order valence-electron chi connectivity index (χ3n) is 4.70. The zero-order valence-corrected chi connectivity index (χ0v) is 11.4. The summed E-state index contributed by atoms with van der Waals surface area (Å²) in [7, 11) is 0. The van der Waals surface area contributed by atoms with Crippen molar-refractivity contribution in [2.75, 3.05) is 6.61 Å². The number of nitrogens with two attached hydrogens (primary N) is 1. The smallest absolute Gasteiger partial charge is 0.310 e. The van der Waals surface area contributed by atoms with Crippen molar-refractivity contribution in [1.29, 1.82) is 0 Å². The molecule has 2 aliphatic rings. The maximum Gasteiger partial charge on any atom is 0.310 e. The molecule has 0 heterocycles. The molecule has 3 N–H and O–H groups in total. The van der Waals surface area contributed by atoms with Crippen LogP contribution >= 0.6 is 0 Å². The zero-order valence-electron chi connectivity index (χ0n) is 11.4. The summed E-state index contributed by atoms with van der Waals surface area (Å²) in [6, 6.07) is 0. The van der Waals surface area contributed by atoms with Gasteiger partial charge in [0.15, 0.2) is 5.60 Å². The maximum atomic E-state index is 12.0. The Morgan fingerprint density at radius 2 is 2.00 bits per heavy atom. The molecule has 0 aromatic rings. The van der Waals surface area contributed by atoms with E-state index in [0.29, 0.717) is 25.2 Å². The zero-order chi connectivity index (χ0) is 14.0. The van der Waals surface area contributed by atoms with E-state index < -0.39 is 11.5 Å². The standard InChI is InChI=1S/C14H23NO4/c1-2-9-3-5-14(6-4-9,13(15)18)19-12(17)11-7-10(11)8-16/h9-11,16H,2-8H2,1H3,(H2,15,18). The highest BCUT2D eigenvalue weighted by Crippen LogP contribution is 2.42. The second-order valence-corrected chi connectivity index (χ2v) is 5.92. The molecule has 0 spiro atoms. The Balaban J connectivity index is 1.97. The fourth-order valence-electron chi connectivity index (χ4n) is 2.96. The van der Waals surface area contributed by atoms with Gasteiger partial charge in [0, 0.05) is 6.61 Å². The molecule has 2 saturated carbocycles. The molecule has 5 nitrogen and oxygen atoms in total. The van der Waals surface area contributed by atoms with Crippen molar-refractivity contribution < 1.29 is 19.4 Å². The highest BCUT2D eigenvalue weighted by Gasteiger charge is 2.49. The fourth-order valence-corrected chi connectivity index (χ4v) is 2.96. The molecule has 2 aliphatic carbocycles. The van der Waals surface area contributed by atoms with Crippen LogP contribution in [0.15, 0.2) is 0 Å². The summed E-state index contributed by atoms with van der Waals surface area (Å²) in [6.45, 7) is 2.13. The Labute approximate surface area is 113 Å². The molecule has 2 rings (SSSR count). The fraction of sp³-hybridized carbons (Fsp3) is 0.857. The lowest BCUT2D eigenvalue weighted by molar-refractivity contribution is -0.173. The van der Waals surface area contributed by atoms with Crippen LogP contribution in [0.5, 0.6) is 0 Å². The first kappa shape index (κ1) is 14.3. The molecule has 0 bridgehead atoms. The third-order valence-corrected chi connectivity index (χ3v) is 4.70. The van der Waals surface area contributed by atoms with E-state index in [1.54, 1.807) is 0 Å². The summed E-state index contributed by atoms with van der Waals surface area (Å²) in [5.74, 6) is -0.545. The quantitative estimate of drug-likeness (QED) is 0.728. The second-order valence-electron chi connectivity index (χ2n) is 5.92. The van der Waals surface area contributed by atoms with Crippen molar-refractivity contribution in [3.8, 4) is 0 Å². The number of rotatable bonds is 5. The van der Waals surface area contributed by atoms with Crippen LogP contribution in [0.1, 0.15) is 45.4 Å². The normalized spacial score (nSPS) is 37.7. The molecule has 0 radical (unpaired) electrons. The van der Waals surface area contributed by atoms with E-state index in [2.05, 4.69) is 6.92 Å². The Kier molecular flexibility index (Phi) is 4.13. The molecule has 0 aliphatic heterocycles. The molecular formula is C14H23NO4. The largest absolute Gasteiger partial charge is 0.449 e. The van der Waals surface area contributed by atoms with Gasteiger partial charge in [-0.1, -0.05) is 13.3 Å². The van der Waals surface area contributed by atoms with Gasteiger partial charge in [-0.25, -0.2) is 0 Å². The summed E-state index contributed by atoms with van der Waals surface area (Å²) in [5, 5.41) is 8.97. The Hall–Kier alpha value is -1.10. The lowest BCUT2D eigenvalue weighted by Crippen LogP contribution is -2.50. The van der Waals surface area contributed by atoms with Crippen molar-refractivity contribution in [3.63, 3.8) is 0 Å². The maximum absolute atomic E-state index is 12.0. The first-order chi connectivity index (χ1) is 9.02. The van der Waals surface area contributed by atoms with Gasteiger partial charge < -0.3 is 15.6 Å². The van der Waals surface area contributed by atoms with Gasteiger partial charge in [-0.05, 0) is 43.9 Å². The van der Waals surface area contributed by atoms with Gasteiger partial charge in [0.1, 0.15) is 0 Å². The lowest BCUT2D eigenvalue weighted by atomic mass is 9.77. The van der Waals surface area contributed by atoms with E-state index in [-0.39, 0.29) is 24.4 Å². The van der Waals surface area contributed by atoms with Crippen molar-refractivity contribution in [1.82, 2.24) is 0 Å². The summed E-state index contributed by atoms with van der Waals surface area (Å²) < 4.78 is 5.46. The third kappa shape index (κ3) is 2.91. The van der Waals surface area contributed by atoms with Gasteiger partial charge in [-0.3, -0.25) is 9.59 Å². The number of primary amides is 1. The molecule has 0 aromatic heterocycles. The summed E-state index contributed by atoms with van der Waals surface area (Å²) in [6.07, 6.45) is 4.55. The first-order valence-corrected chi connectivity index (χ1v) is 7.16. The number of esters is 1. The highest BCUT2D eigenvalue weighted by atomic mass is 16.6. The van der Waals surface area contributed by atoms with Gasteiger partial charge in [0.05, 0.1) is 5.92 Å². The van der Waals surface area contributed by atoms with Crippen LogP contribution in [0.4, 0.5) is 0 Å². The molecule has 2 fully saturated rings. The van der Waals surface area contributed by atoms with Crippen LogP contribution < -0.4 is 5.73 Å². The van der Waals surface area contributed by atoms with Crippen LogP contribution in [0.2, 0.25) is 0 Å². The minimum absolute atomic E-state index is 0.00124. The summed E-state index contributed by atoms with van der Waals surface area (Å²) in [4.78, 5) is 23.7. The number of hydrogen-bond donors (Lipinski definition) is 2. The minimum atomic E-state index is -1.11. The number of aliphatic hydroxyl groups is 1. The van der Waals surface area contributed by atoms with E-state index in [1.807, 2.05) is 0 Å². The predicted molar refractivity (Wildman–Crippen MR) is 68.9 cm³/mol. The van der Waals surface area contributed by atoms with Crippen LogP contribution in [0.25, 0.3) is 0 Å². The number of hydrogen-bond acceptors (Lipinski definition) is 4. The number of aliphatic hydroxyl groups excluding tert-OH is 1. The Morgan fingerprint density at radius 1 is 1.37 bits per heavy atom. The predicted octanol–water partition coefficient (Wildman–Crippen LogP) is 0.982. The molecular weight excluding hydrogens is 246 g/mol. The average molecular weight is 269 g/mol. The van der Waals surface area contributed by atoms with Crippen LogP contribution in [0, 0.1) is 17.8 Å². The Bertz CT molecular complexity index is 360. The van der Waals surface area contributed by atoms with Crippen molar-refractivity contribution in [2.24, 2.45) is 23.5 Å². The van der Waals surface area contributed by atoms with Crippen molar-refractivity contribution in [3.05, 3.63) is 0 Å². The molecule has 19 heavy (non-hydrogen) atoms. The summed E-state index contributed by atoms with van der Waals surface area (Å²) in [5.41, 5.74) is 4.35. The van der Waals surface area contributed by atoms with Gasteiger partial charge >= 0.3 is 5.97 Å². The molecule has 0 saturated heterocycles. The number of ether oxygens (including phenoxy) is 1. The molecule has 108 valence electrons. The number of carbonyl (C=O) groups excluding carboxylic acids is 2. The molecule has 2 atom stereocenters. The second kappa shape index (κ2) is 5.49. The lowest BCUT2D eigenvalue weighted by Gasteiger charge is -2.37. The first-order valence-electron chi connectivity index (χ1n) is 7.16. The van der Waals surface area contributed by atoms with Gasteiger partial charge in [0.25, 0.3) is 5.91 Å². The van der Waals surface area contributed by atoms with Crippen LogP contribution in [0.3, 0.4) is 0 Å². The molecule has 1 amide bonds. The highest BCUT2D eigenvalue weighted by molar-refractivity contribution is 5.87. The molecule has 5 heteroatoms. The minimum Gasteiger partial charge on any atom is -0.449 e. The van der Waals surface area contributed by atoms with E-state index in [9.17, 15) is 9.59 Å². The van der Waals surface area contributed by atoms with E-state index in [4.69, 9.17) is 15.6 Å². The van der Waals surface area contributed by atoms with Crippen LogP contribution in [-0.4, -0.2) is 29.2 Å². The van der Waals surface area contributed by atoms with Gasteiger partial charge in [0.2, 0.25) is 0 Å². The molecule has 2 unspecified atom stereocenters. The van der Waals surface area contributed by atoms with Gasteiger partial charge in [-0.2, -0.15) is 0 Å². The van der Waals surface area contributed by atoms with Crippen LogP contribution in [-0.2, 0) is 14.3 Å². The average Bonchev–Trinajstić information content (AvgIpc) is 3.19.